The summed E-state index contributed by atoms with van der Waals surface area (Å²) in [5, 5.41) is 1.08. The monoisotopic (exact) mass is 459 g/mol. The van der Waals surface area contributed by atoms with Crippen LogP contribution in [-0.2, 0) is 14.9 Å². The molecule has 4 rings (SSSR count). The molecular weight excluding hydrogens is 433 g/mol. The zero-order valence-corrected chi connectivity index (χ0v) is 19.2. The lowest BCUT2D eigenvalue weighted by Gasteiger charge is -2.42. The van der Waals surface area contributed by atoms with E-state index in [9.17, 15) is 9.59 Å². The zero-order valence-electron chi connectivity index (χ0n) is 17.7. The Labute approximate surface area is 193 Å². The Bertz CT molecular complexity index is 959. The van der Waals surface area contributed by atoms with Gasteiger partial charge in [0.25, 0.3) is 0 Å². The van der Waals surface area contributed by atoms with Gasteiger partial charge < -0.3 is 9.64 Å². The van der Waals surface area contributed by atoms with Crippen molar-refractivity contribution in [3.05, 3.63) is 69.2 Å². The molecular formula is C25H27Cl2NO3. The maximum Gasteiger partial charge on any atom is 0.233 e. The van der Waals surface area contributed by atoms with Crippen LogP contribution in [0.25, 0.3) is 0 Å². The molecule has 0 atom stereocenters. The average Bonchev–Trinajstić information content (AvgIpc) is 2.79. The van der Waals surface area contributed by atoms with Crippen molar-refractivity contribution in [3.8, 4) is 0 Å². The lowest BCUT2D eigenvalue weighted by atomic mass is 9.72. The Morgan fingerprint density at radius 1 is 1.00 bits per heavy atom. The Balaban J connectivity index is 1.50. The molecule has 2 aromatic rings. The molecule has 2 heterocycles. The van der Waals surface area contributed by atoms with Crippen molar-refractivity contribution in [2.24, 2.45) is 5.92 Å². The van der Waals surface area contributed by atoms with Gasteiger partial charge >= 0.3 is 0 Å². The Kier molecular flexibility index (Phi) is 6.71. The molecule has 2 aliphatic heterocycles. The molecule has 2 fully saturated rings. The third kappa shape index (κ3) is 4.52. The molecule has 0 radical (unpaired) electrons. The summed E-state index contributed by atoms with van der Waals surface area (Å²) in [7, 11) is 0. The molecule has 2 saturated heterocycles. The Morgan fingerprint density at radius 3 is 2.26 bits per heavy atom. The second kappa shape index (κ2) is 9.32. The smallest absolute Gasteiger partial charge is 0.233 e. The molecule has 0 aliphatic carbocycles. The number of carbonyl (C=O) groups is 2. The lowest BCUT2D eigenvalue weighted by Crippen LogP contribution is -2.52. The van der Waals surface area contributed by atoms with Crippen LogP contribution in [0.4, 0.5) is 0 Å². The lowest BCUT2D eigenvalue weighted by molar-refractivity contribution is -0.142. The van der Waals surface area contributed by atoms with Crippen molar-refractivity contribution in [2.75, 3.05) is 26.3 Å². The number of ether oxygens (including phenoxy) is 1. The first kappa shape index (κ1) is 22.3. The van der Waals surface area contributed by atoms with Crippen LogP contribution < -0.4 is 0 Å². The molecule has 0 bridgehead atoms. The number of piperidine rings is 1. The highest BCUT2D eigenvalue weighted by atomic mass is 35.5. The van der Waals surface area contributed by atoms with Crippen molar-refractivity contribution < 1.29 is 14.3 Å². The highest BCUT2D eigenvalue weighted by Crippen LogP contribution is 2.42. The number of amides is 1. The van der Waals surface area contributed by atoms with E-state index in [4.69, 9.17) is 27.9 Å². The van der Waals surface area contributed by atoms with E-state index in [1.165, 1.54) is 0 Å². The quantitative estimate of drug-likeness (QED) is 0.569. The largest absolute Gasteiger partial charge is 0.381 e. The molecule has 1 amide bonds. The number of benzene rings is 2. The van der Waals surface area contributed by atoms with E-state index in [0.29, 0.717) is 62.0 Å². The summed E-state index contributed by atoms with van der Waals surface area (Å²) < 4.78 is 5.57. The summed E-state index contributed by atoms with van der Waals surface area (Å²) in [5.74, 6) is 0.214. The van der Waals surface area contributed by atoms with Crippen LogP contribution in [0.2, 0.25) is 10.0 Å². The number of likely N-dealkylation sites (tertiary alicyclic amines) is 1. The molecule has 0 saturated carbocycles. The maximum absolute atomic E-state index is 13.8. The van der Waals surface area contributed by atoms with Gasteiger partial charge in [-0.05, 0) is 50.3 Å². The van der Waals surface area contributed by atoms with Crippen LogP contribution in [0.15, 0.2) is 42.5 Å². The second-order valence-electron chi connectivity index (χ2n) is 8.62. The number of rotatable bonds is 4. The Hall–Kier alpha value is -1.88. The fourth-order valence-electron chi connectivity index (χ4n) is 4.80. The fraction of sp³-hybridized carbons (Fsp3) is 0.440. The molecule has 0 spiro atoms. The van der Waals surface area contributed by atoms with Crippen molar-refractivity contribution >= 4 is 34.9 Å². The van der Waals surface area contributed by atoms with Crippen LogP contribution in [0.3, 0.4) is 0 Å². The van der Waals surface area contributed by atoms with Gasteiger partial charge in [-0.15, -0.1) is 0 Å². The fourth-order valence-corrected chi connectivity index (χ4v) is 5.39. The van der Waals surface area contributed by atoms with Gasteiger partial charge in [0.05, 0.1) is 5.41 Å². The molecule has 31 heavy (non-hydrogen) atoms. The number of aryl methyl sites for hydroxylation is 1. The number of Topliss-reactive ketones (excluding diaryl/α,β-unsaturated/α-hetero) is 1. The molecule has 0 unspecified atom stereocenters. The average molecular weight is 460 g/mol. The SMILES string of the molecule is Cc1ccc(C(=O)C2CCN(C(=O)C3(c4ccc(Cl)cc4Cl)CCOCC3)CC2)cc1. The topological polar surface area (TPSA) is 46.6 Å². The minimum atomic E-state index is -0.701. The number of hydrogen-bond donors (Lipinski definition) is 0. The van der Waals surface area contributed by atoms with E-state index in [2.05, 4.69) is 0 Å². The summed E-state index contributed by atoms with van der Waals surface area (Å²) in [6, 6.07) is 13.1. The van der Waals surface area contributed by atoms with Gasteiger partial charge in [0.2, 0.25) is 5.91 Å². The summed E-state index contributed by atoms with van der Waals surface area (Å²) in [6.45, 7) is 4.21. The summed E-state index contributed by atoms with van der Waals surface area (Å²) in [4.78, 5) is 28.6. The standard InChI is InChI=1S/C25H27Cl2NO3/c1-17-2-4-18(5-3-17)23(29)19-8-12-28(13-9-19)24(30)25(10-14-31-15-11-25)21-7-6-20(26)16-22(21)27/h2-7,16,19H,8-15H2,1H3. The van der Waals surface area contributed by atoms with Crippen molar-refractivity contribution in [1.82, 2.24) is 4.90 Å². The first-order chi connectivity index (χ1) is 14.9. The molecule has 6 heteroatoms. The van der Waals surface area contributed by atoms with Crippen LogP contribution in [0, 0.1) is 12.8 Å². The van der Waals surface area contributed by atoms with Crippen LogP contribution >= 0.6 is 23.2 Å². The summed E-state index contributed by atoms with van der Waals surface area (Å²) >= 11 is 12.6. The van der Waals surface area contributed by atoms with Gasteiger partial charge in [0.1, 0.15) is 0 Å². The van der Waals surface area contributed by atoms with Crippen molar-refractivity contribution in [1.29, 1.82) is 0 Å². The molecule has 2 aliphatic rings. The molecule has 0 aromatic heterocycles. The van der Waals surface area contributed by atoms with E-state index >= 15 is 0 Å². The van der Waals surface area contributed by atoms with Gasteiger partial charge in [0.15, 0.2) is 5.78 Å². The predicted molar refractivity (Wildman–Crippen MR) is 123 cm³/mol. The predicted octanol–water partition coefficient (Wildman–Crippen LogP) is 5.47. The van der Waals surface area contributed by atoms with Crippen LogP contribution in [0.1, 0.15) is 47.2 Å². The number of halogens is 2. The molecule has 4 nitrogen and oxygen atoms in total. The summed E-state index contributed by atoms with van der Waals surface area (Å²) in [6.07, 6.45) is 2.55. The first-order valence-corrected chi connectivity index (χ1v) is 11.6. The minimum Gasteiger partial charge on any atom is -0.381 e. The highest BCUT2D eigenvalue weighted by Gasteiger charge is 2.46. The first-order valence-electron chi connectivity index (χ1n) is 10.8. The number of nitrogens with zero attached hydrogens (tertiary/aromatic N) is 1. The van der Waals surface area contributed by atoms with Gasteiger partial charge in [-0.1, -0.05) is 59.1 Å². The van der Waals surface area contributed by atoms with Crippen molar-refractivity contribution in [3.63, 3.8) is 0 Å². The third-order valence-electron chi connectivity index (χ3n) is 6.69. The second-order valence-corrected chi connectivity index (χ2v) is 9.46. The van der Waals surface area contributed by atoms with Crippen molar-refractivity contribution in [2.45, 2.75) is 38.0 Å². The zero-order chi connectivity index (χ0) is 22.0. The normalized spacial score (nSPS) is 19.3. The van der Waals surface area contributed by atoms with E-state index in [1.54, 1.807) is 12.1 Å². The maximum atomic E-state index is 13.8. The van der Waals surface area contributed by atoms with Gasteiger partial charge in [-0.3, -0.25) is 9.59 Å². The highest BCUT2D eigenvalue weighted by molar-refractivity contribution is 6.35. The van der Waals surface area contributed by atoms with Crippen LogP contribution in [0.5, 0.6) is 0 Å². The number of hydrogen-bond acceptors (Lipinski definition) is 3. The Morgan fingerprint density at radius 2 is 1.65 bits per heavy atom. The molecule has 2 aromatic carbocycles. The molecule has 0 N–H and O–H groups in total. The van der Waals surface area contributed by atoms with E-state index in [-0.39, 0.29) is 17.6 Å². The van der Waals surface area contributed by atoms with Crippen LogP contribution in [-0.4, -0.2) is 42.9 Å². The minimum absolute atomic E-state index is 0.0449. The summed E-state index contributed by atoms with van der Waals surface area (Å²) in [5.41, 5.74) is 2.02. The van der Waals surface area contributed by atoms with Gasteiger partial charge in [-0.25, -0.2) is 0 Å². The van der Waals surface area contributed by atoms with E-state index in [1.807, 2.05) is 42.2 Å². The van der Waals surface area contributed by atoms with E-state index < -0.39 is 5.41 Å². The molecule has 164 valence electrons. The van der Waals surface area contributed by atoms with Gasteiger partial charge in [0, 0.05) is 47.8 Å². The number of carbonyl (C=O) groups excluding carboxylic acids is 2. The number of ketones is 1. The van der Waals surface area contributed by atoms with Gasteiger partial charge in [-0.2, -0.15) is 0 Å². The van der Waals surface area contributed by atoms with E-state index in [0.717, 1.165) is 16.7 Å². The third-order valence-corrected chi connectivity index (χ3v) is 7.24.